The van der Waals surface area contributed by atoms with E-state index in [1.807, 2.05) is 0 Å². The van der Waals surface area contributed by atoms with Crippen LogP contribution in [-0.2, 0) is 0 Å². The Labute approximate surface area is 78.7 Å². The van der Waals surface area contributed by atoms with Gasteiger partial charge in [0.2, 0.25) is 0 Å². The average molecular weight is 231 g/mol. The van der Waals surface area contributed by atoms with E-state index in [-0.39, 0.29) is 10.2 Å². The molecule has 12 heavy (non-hydrogen) atoms. The molecule has 1 rings (SSSR count). The number of phenols is 1. The first-order valence-corrected chi connectivity index (χ1v) is 4.15. The van der Waals surface area contributed by atoms with Gasteiger partial charge in [0.15, 0.2) is 0 Å². The van der Waals surface area contributed by atoms with E-state index < -0.39 is 5.82 Å². The van der Waals surface area contributed by atoms with Crippen LogP contribution >= 0.6 is 15.9 Å². The second kappa shape index (κ2) is 3.27. The topological polar surface area (TPSA) is 20.2 Å². The van der Waals surface area contributed by atoms with Crippen molar-refractivity contribution in [2.45, 2.75) is 6.92 Å². The Kier molecular flexibility index (Phi) is 2.52. The van der Waals surface area contributed by atoms with Crippen LogP contribution in [0.3, 0.4) is 0 Å². The van der Waals surface area contributed by atoms with Gasteiger partial charge >= 0.3 is 0 Å². The summed E-state index contributed by atoms with van der Waals surface area (Å²) < 4.78 is 13.2. The quantitative estimate of drug-likeness (QED) is 0.785. The van der Waals surface area contributed by atoms with Crippen LogP contribution in [0, 0.1) is 5.82 Å². The van der Waals surface area contributed by atoms with E-state index in [2.05, 4.69) is 22.5 Å². The zero-order chi connectivity index (χ0) is 9.30. The van der Waals surface area contributed by atoms with Gasteiger partial charge in [-0.2, -0.15) is 0 Å². The largest absolute Gasteiger partial charge is 0.507 e. The minimum absolute atomic E-state index is 0.0378. The zero-order valence-corrected chi connectivity index (χ0v) is 8.15. The molecule has 0 aromatic heterocycles. The van der Waals surface area contributed by atoms with Crippen molar-refractivity contribution >= 4 is 21.5 Å². The molecule has 0 amide bonds. The van der Waals surface area contributed by atoms with Crippen LogP contribution in [0.1, 0.15) is 12.5 Å². The molecule has 0 radical (unpaired) electrons. The molecule has 64 valence electrons. The lowest BCUT2D eigenvalue weighted by Gasteiger charge is -2.04. The van der Waals surface area contributed by atoms with E-state index in [0.717, 1.165) is 0 Å². The number of phenolic OH excluding ortho intramolecular Hbond substituents is 1. The molecule has 1 aromatic carbocycles. The van der Waals surface area contributed by atoms with Crippen molar-refractivity contribution < 1.29 is 9.50 Å². The van der Waals surface area contributed by atoms with Crippen LogP contribution in [0.5, 0.6) is 5.75 Å². The summed E-state index contributed by atoms with van der Waals surface area (Å²) in [5.74, 6) is -0.360. The van der Waals surface area contributed by atoms with Gasteiger partial charge < -0.3 is 5.11 Å². The Balaban J connectivity index is 3.33. The number of halogens is 2. The molecule has 0 aliphatic heterocycles. The Morgan fingerprint density at radius 2 is 2.17 bits per heavy atom. The van der Waals surface area contributed by atoms with Crippen molar-refractivity contribution in [2.75, 3.05) is 0 Å². The predicted octanol–water partition coefficient (Wildman–Crippen LogP) is 3.33. The van der Waals surface area contributed by atoms with Gasteiger partial charge in [-0.25, -0.2) is 4.39 Å². The number of aromatic hydroxyl groups is 1. The molecule has 0 saturated carbocycles. The Morgan fingerprint density at radius 1 is 1.58 bits per heavy atom. The summed E-state index contributed by atoms with van der Waals surface area (Å²) in [6.07, 6.45) is 0. The van der Waals surface area contributed by atoms with E-state index in [1.165, 1.54) is 12.1 Å². The smallest absolute Gasteiger partial charge is 0.138 e. The predicted molar refractivity (Wildman–Crippen MR) is 50.5 cm³/mol. The highest BCUT2D eigenvalue weighted by molar-refractivity contribution is 9.10. The number of rotatable bonds is 1. The van der Waals surface area contributed by atoms with Crippen LogP contribution < -0.4 is 0 Å². The van der Waals surface area contributed by atoms with Gasteiger partial charge in [0.05, 0.1) is 4.47 Å². The third kappa shape index (κ3) is 1.67. The van der Waals surface area contributed by atoms with E-state index >= 15 is 0 Å². The minimum atomic E-state index is -0.397. The van der Waals surface area contributed by atoms with Crippen molar-refractivity contribution in [1.29, 1.82) is 0 Å². The highest BCUT2D eigenvalue weighted by Gasteiger charge is 2.07. The second-order valence-electron chi connectivity index (χ2n) is 2.56. The molecule has 0 aliphatic rings. The lowest BCUT2D eigenvalue weighted by molar-refractivity contribution is 0.470. The van der Waals surface area contributed by atoms with Gasteiger partial charge in [-0.15, -0.1) is 0 Å². The van der Waals surface area contributed by atoms with Crippen molar-refractivity contribution in [2.24, 2.45) is 0 Å². The van der Waals surface area contributed by atoms with E-state index in [4.69, 9.17) is 0 Å². The molecule has 0 aliphatic carbocycles. The van der Waals surface area contributed by atoms with Gasteiger partial charge in [-0.1, -0.05) is 6.58 Å². The van der Waals surface area contributed by atoms with Crippen LogP contribution in [0.25, 0.3) is 5.57 Å². The first-order chi connectivity index (χ1) is 5.52. The third-order valence-electron chi connectivity index (χ3n) is 1.50. The third-order valence-corrected chi connectivity index (χ3v) is 2.11. The van der Waals surface area contributed by atoms with E-state index in [0.29, 0.717) is 11.1 Å². The molecule has 0 atom stereocenters. The molecule has 0 saturated heterocycles. The first kappa shape index (κ1) is 9.26. The fraction of sp³-hybridized carbons (Fsp3) is 0.111. The molecule has 0 heterocycles. The summed E-state index contributed by atoms with van der Waals surface area (Å²) in [6, 6.07) is 2.57. The molecular weight excluding hydrogens is 223 g/mol. The van der Waals surface area contributed by atoms with Gasteiger partial charge in [0, 0.05) is 5.56 Å². The van der Waals surface area contributed by atoms with Gasteiger partial charge in [-0.05, 0) is 40.6 Å². The fourth-order valence-corrected chi connectivity index (χ4v) is 1.21. The molecule has 1 N–H and O–H groups in total. The van der Waals surface area contributed by atoms with Crippen LogP contribution in [-0.4, -0.2) is 5.11 Å². The maximum atomic E-state index is 12.9. The van der Waals surface area contributed by atoms with Crippen LogP contribution in [0.4, 0.5) is 4.39 Å². The van der Waals surface area contributed by atoms with Crippen molar-refractivity contribution in [3.8, 4) is 5.75 Å². The second-order valence-corrected chi connectivity index (χ2v) is 3.42. The van der Waals surface area contributed by atoms with Crippen LogP contribution in [0.2, 0.25) is 0 Å². The monoisotopic (exact) mass is 230 g/mol. The average Bonchev–Trinajstić information content (AvgIpc) is 1.96. The summed E-state index contributed by atoms with van der Waals surface area (Å²) in [5.41, 5.74) is 1.08. The van der Waals surface area contributed by atoms with Crippen molar-refractivity contribution in [1.82, 2.24) is 0 Å². The lowest BCUT2D eigenvalue weighted by Crippen LogP contribution is -1.84. The summed E-state index contributed by atoms with van der Waals surface area (Å²) in [7, 11) is 0. The fourth-order valence-electron chi connectivity index (χ4n) is 0.878. The molecule has 1 nitrogen and oxygen atoms in total. The maximum absolute atomic E-state index is 12.9. The number of hydrogen-bond donors (Lipinski definition) is 1. The minimum Gasteiger partial charge on any atom is -0.507 e. The summed E-state index contributed by atoms with van der Waals surface area (Å²) in [4.78, 5) is 0. The normalized spacial score (nSPS) is 9.92. The highest BCUT2D eigenvalue weighted by Crippen LogP contribution is 2.29. The summed E-state index contributed by atoms with van der Waals surface area (Å²) in [5, 5.41) is 9.33. The Hall–Kier alpha value is -0.830. The summed E-state index contributed by atoms with van der Waals surface area (Å²) >= 11 is 2.96. The summed E-state index contributed by atoms with van der Waals surface area (Å²) in [6.45, 7) is 5.33. The van der Waals surface area contributed by atoms with E-state index in [9.17, 15) is 9.50 Å². The number of hydrogen-bond acceptors (Lipinski definition) is 1. The highest BCUT2D eigenvalue weighted by atomic mass is 79.9. The maximum Gasteiger partial charge on any atom is 0.138 e. The zero-order valence-electron chi connectivity index (χ0n) is 6.56. The molecule has 0 spiro atoms. The van der Waals surface area contributed by atoms with Gasteiger partial charge in [0.25, 0.3) is 0 Å². The van der Waals surface area contributed by atoms with Gasteiger partial charge in [-0.3, -0.25) is 0 Å². The molecule has 1 aromatic rings. The van der Waals surface area contributed by atoms with Crippen molar-refractivity contribution in [3.63, 3.8) is 0 Å². The standard InChI is InChI=1S/C9H8BrFO/c1-5(2)6-3-8(11)7(10)4-9(6)12/h3-4,12H,1H2,2H3. The molecule has 0 unspecified atom stereocenters. The molecule has 0 bridgehead atoms. The molecular formula is C9H8BrFO. The SMILES string of the molecule is C=C(C)c1cc(F)c(Br)cc1O. The Bertz CT molecular complexity index is 334. The van der Waals surface area contributed by atoms with Crippen molar-refractivity contribution in [3.05, 3.63) is 34.6 Å². The lowest BCUT2D eigenvalue weighted by atomic mass is 10.1. The van der Waals surface area contributed by atoms with E-state index in [1.54, 1.807) is 6.92 Å². The molecule has 0 fully saturated rings. The number of allylic oxidation sites excluding steroid dienone is 1. The van der Waals surface area contributed by atoms with Crippen LogP contribution in [0.15, 0.2) is 23.2 Å². The number of benzene rings is 1. The molecule has 3 heteroatoms. The first-order valence-electron chi connectivity index (χ1n) is 3.36. The van der Waals surface area contributed by atoms with Gasteiger partial charge in [0.1, 0.15) is 11.6 Å². The Morgan fingerprint density at radius 3 is 2.67 bits per heavy atom.